The number of aromatic nitrogens is 1. The molecule has 3 amide bonds. The van der Waals surface area contributed by atoms with Crippen LogP contribution in [0.3, 0.4) is 0 Å². The molecule has 2 aliphatic rings. The van der Waals surface area contributed by atoms with Crippen LogP contribution in [0.25, 0.3) is 0 Å². The third-order valence-corrected chi connectivity index (χ3v) is 3.72. The topological polar surface area (TPSA) is 78.1 Å². The Morgan fingerprint density at radius 2 is 1.95 bits per heavy atom. The van der Waals surface area contributed by atoms with E-state index in [1.807, 2.05) is 0 Å². The van der Waals surface area contributed by atoms with Gasteiger partial charge < -0.3 is 10.0 Å². The number of nitrogens with zero attached hydrogens (tertiary/aromatic N) is 4. The average Bonchev–Trinajstić information content (AvgIpc) is 2.77. The Bertz CT molecular complexity index is 618. The van der Waals surface area contributed by atoms with Crippen LogP contribution < -0.4 is 0 Å². The van der Waals surface area contributed by atoms with Crippen molar-refractivity contribution >= 4 is 17.6 Å². The number of carbonyl (C=O) groups is 2. The van der Waals surface area contributed by atoms with Crippen LogP contribution in [0.1, 0.15) is 18.8 Å². The van der Waals surface area contributed by atoms with E-state index in [4.69, 9.17) is 0 Å². The molecule has 0 aromatic carbocycles. The zero-order valence-corrected chi connectivity index (χ0v) is 10.9. The lowest BCUT2D eigenvalue weighted by Gasteiger charge is -2.43. The lowest BCUT2D eigenvalue weighted by Crippen LogP contribution is -2.60. The molecule has 100 valence electrons. The van der Waals surface area contributed by atoms with Crippen molar-refractivity contribution < 1.29 is 14.7 Å². The van der Waals surface area contributed by atoms with Crippen molar-refractivity contribution in [2.24, 2.45) is 4.99 Å². The van der Waals surface area contributed by atoms with Gasteiger partial charge in [0.05, 0.1) is 11.4 Å². The Balaban J connectivity index is 2.21. The van der Waals surface area contributed by atoms with Gasteiger partial charge in [0.2, 0.25) is 0 Å². The molecule has 2 atom stereocenters. The highest BCUT2D eigenvalue weighted by Crippen LogP contribution is 2.35. The Morgan fingerprint density at radius 1 is 1.26 bits per heavy atom. The van der Waals surface area contributed by atoms with Crippen LogP contribution in [-0.4, -0.2) is 57.3 Å². The van der Waals surface area contributed by atoms with Gasteiger partial charge in [0.25, 0.3) is 5.91 Å². The van der Waals surface area contributed by atoms with Gasteiger partial charge in [-0.25, -0.2) is 4.79 Å². The number of likely N-dealkylation sites (N-methyl/N-ethyl adjacent to an activating group) is 2. The predicted molar refractivity (Wildman–Crippen MR) is 67.1 cm³/mol. The summed E-state index contributed by atoms with van der Waals surface area (Å²) in [6, 6.07) is 2.15. The van der Waals surface area contributed by atoms with Crippen LogP contribution in [-0.2, 0) is 4.79 Å². The molecule has 7 heteroatoms. The summed E-state index contributed by atoms with van der Waals surface area (Å²) in [7, 11) is 3.04. The van der Waals surface area contributed by atoms with E-state index in [-0.39, 0.29) is 11.8 Å². The van der Waals surface area contributed by atoms with Crippen molar-refractivity contribution in [2.45, 2.75) is 19.1 Å². The average molecular weight is 262 g/mol. The smallest absolute Gasteiger partial charge is 0.327 e. The van der Waals surface area contributed by atoms with Crippen molar-refractivity contribution in [2.75, 3.05) is 14.1 Å². The number of hydrogen-bond donors (Lipinski definition) is 1. The summed E-state index contributed by atoms with van der Waals surface area (Å²) in [5, 5.41) is 9.95. The molecule has 1 N–H and O–H groups in total. The molecule has 1 saturated heterocycles. The highest BCUT2D eigenvalue weighted by molar-refractivity contribution is 6.05. The van der Waals surface area contributed by atoms with Crippen LogP contribution in [0.15, 0.2) is 17.1 Å². The molecule has 3 heterocycles. The number of imide groups is 1. The van der Waals surface area contributed by atoms with Gasteiger partial charge in [0.15, 0.2) is 11.9 Å². The SMILES string of the molecule is CC1=N[C@H]2C(=O)N(C)C(=O)N(C)[C@H]2n2c(O)ccc21. The van der Waals surface area contributed by atoms with Gasteiger partial charge in [-0.3, -0.25) is 19.3 Å². The van der Waals surface area contributed by atoms with Crippen LogP contribution >= 0.6 is 0 Å². The molecule has 0 spiro atoms. The minimum absolute atomic E-state index is 0.0243. The Hall–Kier alpha value is -2.31. The lowest BCUT2D eigenvalue weighted by atomic mass is 10.1. The van der Waals surface area contributed by atoms with Crippen LogP contribution in [0.5, 0.6) is 5.88 Å². The van der Waals surface area contributed by atoms with E-state index in [2.05, 4.69) is 4.99 Å². The molecule has 7 nitrogen and oxygen atoms in total. The molecular weight excluding hydrogens is 248 g/mol. The molecule has 1 aromatic heterocycles. The summed E-state index contributed by atoms with van der Waals surface area (Å²) in [6.07, 6.45) is -0.607. The normalized spacial score (nSPS) is 26.2. The molecule has 0 unspecified atom stereocenters. The zero-order chi connectivity index (χ0) is 13.9. The molecule has 1 fully saturated rings. The highest BCUT2D eigenvalue weighted by Gasteiger charge is 2.47. The highest BCUT2D eigenvalue weighted by atomic mass is 16.3. The fourth-order valence-corrected chi connectivity index (χ4v) is 2.70. The summed E-state index contributed by atoms with van der Waals surface area (Å²) in [6.45, 7) is 1.78. The van der Waals surface area contributed by atoms with Gasteiger partial charge in [-0.2, -0.15) is 0 Å². The summed E-state index contributed by atoms with van der Waals surface area (Å²) >= 11 is 0. The maximum absolute atomic E-state index is 12.2. The molecule has 2 aliphatic heterocycles. The fourth-order valence-electron chi connectivity index (χ4n) is 2.70. The van der Waals surface area contributed by atoms with E-state index in [9.17, 15) is 14.7 Å². The Kier molecular flexibility index (Phi) is 2.23. The van der Waals surface area contributed by atoms with E-state index in [1.165, 1.54) is 18.0 Å². The molecule has 0 radical (unpaired) electrons. The van der Waals surface area contributed by atoms with Crippen molar-refractivity contribution in [1.29, 1.82) is 0 Å². The summed E-state index contributed by atoms with van der Waals surface area (Å²) in [5.74, 6) is -0.331. The zero-order valence-electron chi connectivity index (χ0n) is 10.9. The fraction of sp³-hybridized carbons (Fsp3) is 0.417. The molecule has 1 aromatic rings. The van der Waals surface area contributed by atoms with E-state index in [1.54, 1.807) is 24.6 Å². The molecule has 0 aliphatic carbocycles. The number of fused-ring (bicyclic) bond motifs is 3. The second kappa shape index (κ2) is 3.59. The number of amides is 3. The number of aliphatic imine (C=N–C) groups is 1. The number of urea groups is 1. The van der Waals surface area contributed by atoms with Gasteiger partial charge in [-0.05, 0) is 13.0 Å². The first-order valence-electron chi connectivity index (χ1n) is 5.93. The standard InChI is InChI=1S/C12H14N4O3/c1-6-7-4-5-8(17)16(7)10-9(13-6)11(18)15(3)12(19)14(10)2/h4-5,9-10,17H,1-3H3/t9-,10+/m1/s1. The minimum atomic E-state index is -0.710. The van der Waals surface area contributed by atoms with Gasteiger partial charge in [-0.1, -0.05) is 0 Å². The van der Waals surface area contributed by atoms with E-state index < -0.39 is 18.2 Å². The molecule has 19 heavy (non-hydrogen) atoms. The van der Waals surface area contributed by atoms with Gasteiger partial charge in [0, 0.05) is 20.2 Å². The van der Waals surface area contributed by atoms with Crippen molar-refractivity contribution in [1.82, 2.24) is 14.4 Å². The predicted octanol–water partition coefficient (Wildman–Crippen LogP) is 0.407. The first-order chi connectivity index (χ1) is 8.93. The van der Waals surface area contributed by atoms with Gasteiger partial charge in [0.1, 0.15) is 6.17 Å². The second-order valence-electron chi connectivity index (χ2n) is 4.81. The van der Waals surface area contributed by atoms with E-state index in [0.29, 0.717) is 5.71 Å². The number of hydrogen-bond acceptors (Lipinski definition) is 4. The maximum Gasteiger partial charge on any atom is 0.327 e. The number of carbonyl (C=O) groups excluding carboxylic acids is 2. The van der Waals surface area contributed by atoms with Crippen molar-refractivity contribution in [3.63, 3.8) is 0 Å². The molecule has 3 rings (SSSR count). The third kappa shape index (κ3) is 1.35. The lowest BCUT2D eigenvalue weighted by molar-refractivity contribution is -0.134. The summed E-state index contributed by atoms with van der Waals surface area (Å²) in [4.78, 5) is 31.0. The third-order valence-electron chi connectivity index (χ3n) is 3.72. The monoisotopic (exact) mass is 262 g/mol. The van der Waals surface area contributed by atoms with Crippen LogP contribution in [0.2, 0.25) is 0 Å². The number of rotatable bonds is 0. The minimum Gasteiger partial charge on any atom is -0.494 e. The summed E-state index contributed by atoms with van der Waals surface area (Å²) in [5.41, 5.74) is 1.39. The first kappa shape index (κ1) is 11.8. The Morgan fingerprint density at radius 3 is 2.63 bits per heavy atom. The van der Waals surface area contributed by atoms with E-state index in [0.717, 1.165) is 10.6 Å². The number of aromatic hydroxyl groups is 1. The van der Waals surface area contributed by atoms with E-state index >= 15 is 0 Å². The molecular formula is C12H14N4O3. The van der Waals surface area contributed by atoms with Crippen LogP contribution in [0, 0.1) is 0 Å². The molecule has 0 bridgehead atoms. The maximum atomic E-state index is 12.2. The molecule has 0 saturated carbocycles. The van der Waals surface area contributed by atoms with Gasteiger partial charge in [-0.15, -0.1) is 0 Å². The largest absolute Gasteiger partial charge is 0.494 e. The van der Waals surface area contributed by atoms with Crippen LogP contribution in [0.4, 0.5) is 4.79 Å². The van der Waals surface area contributed by atoms with Crippen molar-refractivity contribution in [3.05, 3.63) is 17.8 Å². The van der Waals surface area contributed by atoms with Gasteiger partial charge >= 0.3 is 6.03 Å². The summed E-state index contributed by atoms with van der Waals surface area (Å²) < 4.78 is 1.58. The first-order valence-corrected chi connectivity index (χ1v) is 5.93. The Labute approximate surface area is 109 Å². The quantitative estimate of drug-likeness (QED) is 0.735. The second-order valence-corrected chi connectivity index (χ2v) is 4.81. The van der Waals surface area contributed by atoms with Crippen molar-refractivity contribution in [3.8, 4) is 5.88 Å².